The molecule has 0 aromatic rings. The van der Waals surface area contributed by atoms with Crippen molar-refractivity contribution in [1.29, 1.82) is 0 Å². The molecule has 98 valence electrons. The quantitative estimate of drug-likeness (QED) is 0.811. The molecule has 5 nitrogen and oxygen atoms in total. The largest absolute Gasteiger partial charge is 0.478 e. The van der Waals surface area contributed by atoms with Gasteiger partial charge in [-0.1, -0.05) is 0 Å². The number of amides is 1. The summed E-state index contributed by atoms with van der Waals surface area (Å²) in [7, 11) is 2.80. The number of carbonyl (C=O) groups excluding carboxylic acids is 1. The predicted molar refractivity (Wildman–Crippen MR) is 53.9 cm³/mol. The Hall–Kier alpha value is -1.40. The molecular formula is C10H15F2NO4. The molecule has 17 heavy (non-hydrogen) atoms. The Morgan fingerprint density at radius 2 is 1.65 bits per heavy atom. The highest BCUT2D eigenvalue weighted by atomic mass is 19.3. The van der Waals surface area contributed by atoms with Gasteiger partial charge in [0.05, 0.1) is 0 Å². The maximum atomic E-state index is 13.0. The summed E-state index contributed by atoms with van der Waals surface area (Å²) in [6.45, 7) is 0. The molecule has 1 aliphatic carbocycles. The fourth-order valence-electron chi connectivity index (χ4n) is 1.64. The first kappa shape index (κ1) is 13.7. The van der Waals surface area contributed by atoms with Gasteiger partial charge in [-0.15, -0.1) is 0 Å². The Morgan fingerprint density at radius 3 is 2.00 bits per heavy atom. The monoisotopic (exact) mass is 251 g/mol. The zero-order valence-corrected chi connectivity index (χ0v) is 9.70. The summed E-state index contributed by atoms with van der Waals surface area (Å²) in [5.41, 5.74) is -1.82. The van der Waals surface area contributed by atoms with Crippen LogP contribution in [0.15, 0.2) is 0 Å². The molecule has 1 saturated carbocycles. The van der Waals surface area contributed by atoms with E-state index in [4.69, 9.17) is 9.84 Å². The third-order valence-electron chi connectivity index (χ3n) is 2.83. The van der Waals surface area contributed by atoms with Gasteiger partial charge in [0.2, 0.25) is 11.5 Å². The number of aliphatic carboxylic acids is 1. The van der Waals surface area contributed by atoms with Crippen molar-refractivity contribution < 1.29 is 28.2 Å². The molecule has 0 atom stereocenters. The average Bonchev–Trinajstić information content (AvgIpc) is 2.21. The first-order valence-corrected chi connectivity index (χ1v) is 5.20. The summed E-state index contributed by atoms with van der Waals surface area (Å²) in [4.78, 5) is 23.5. The maximum absolute atomic E-state index is 13.0. The number of hydrogen-bond donors (Lipinski definition) is 1. The molecule has 1 aliphatic rings. The molecule has 1 amide bonds. The fraction of sp³-hybridized carbons (Fsp3) is 0.800. The molecular weight excluding hydrogens is 236 g/mol. The van der Waals surface area contributed by atoms with Crippen LogP contribution in [0.25, 0.3) is 0 Å². The van der Waals surface area contributed by atoms with Crippen LogP contribution in [0.2, 0.25) is 0 Å². The lowest BCUT2D eigenvalue weighted by Crippen LogP contribution is -2.49. The highest BCUT2D eigenvalue weighted by Crippen LogP contribution is 2.40. The van der Waals surface area contributed by atoms with E-state index in [0.29, 0.717) is 0 Å². The van der Waals surface area contributed by atoms with Crippen molar-refractivity contribution in [2.45, 2.75) is 37.2 Å². The van der Waals surface area contributed by atoms with Gasteiger partial charge in [-0.3, -0.25) is 0 Å². The molecule has 0 aromatic heterocycles. The highest BCUT2D eigenvalue weighted by Gasteiger charge is 2.51. The van der Waals surface area contributed by atoms with Gasteiger partial charge in [0.25, 0.3) is 0 Å². The van der Waals surface area contributed by atoms with E-state index in [1.807, 2.05) is 0 Å². The van der Waals surface area contributed by atoms with E-state index in [0.717, 1.165) is 4.90 Å². The molecule has 0 spiro atoms. The Bertz CT molecular complexity index is 320. The van der Waals surface area contributed by atoms with Crippen molar-refractivity contribution in [1.82, 2.24) is 4.90 Å². The van der Waals surface area contributed by atoms with Crippen LogP contribution < -0.4 is 0 Å². The van der Waals surface area contributed by atoms with Crippen LogP contribution in [0.4, 0.5) is 13.6 Å². The summed E-state index contributed by atoms with van der Waals surface area (Å²) in [5.74, 6) is -4.24. The lowest BCUT2D eigenvalue weighted by Gasteiger charge is -2.36. The smallest absolute Gasteiger partial charge is 0.410 e. The SMILES string of the molecule is CN(C)C(=O)OC1(C(=O)O)CCC(F)(F)CC1. The van der Waals surface area contributed by atoms with Crippen LogP contribution in [0, 0.1) is 0 Å². The molecule has 1 N–H and O–H groups in total. The first-order valence-electron chi connectivity index (χ1n) is 5.20. The summed E-state index contributed by atoms with van der Waals surface area (Å²) < 4.78 is 30.8. The van der Waals surface area contributed by atoms with Crippen molar-refractivity contribution in [3.8, 4) is 0 Å². The third kappa shape index (κ3) is 3.04. The zero-order valence-electron chi connectivity index (χ0n) is 9.70. The van der Waals surface area contributed by atoms with Crippen molar-refractivity contribution in [2.75, 3.05) is 14.1 Å². The number of carboxylic acids is 1. The maximum Gasteiger partial charge on any atom is 0.410 e. The van der Waals surface area contributed by atoms with Gasteiger partial charge in [-0.25, -0.2) is 18.4 Å². The molecule has 0 aliphatic heterocycles. The van der Waals surface area contributed by atoms with E-state index >= 15 is 0 Å². The van der Waals surface area contributed by atoms with Gasteiger partial charge < -0.3 is 14.7 Å². The minimum Gasteiger partial charge on any atom is -0.478 e. The first-order chi connectivity index (χ1) is 7.68. The Balaban J connectivity index is 2.79. The van der Waals surface area contributed by atoms with E-state index < -0.39 is 36.4 Å². The number of hydrogen-bond acceptors (Lipinski definition) is 3. The molecule has 0 radical (unpaired) electrons. The molecule has 1 fully saturated rings. The molecule has 1 rings (SSSR count). The summed E-state index contributed by atoms with van der Waals surface area (Å²) in [6.07, 6.45) is -2.73. The van der Waals surface area contributed by atoms with Crippen LogP contribution >= 0.6 is 0 Å². The number of carboxylic acid groups (broad SMARTS) is 1. The Morgan fingerprint density at radius 1 is 1.18 bits per heavy atom. The minimum absolute atomic E-state index is 0.366. The van der Waals surface area contributed by atoms with Crippen LogP contribution in [-0.2, 0) is 9.53 Å². The van der Waals surface area contributed by atoms with E-state index in [1.165, 1.54) is 14.1 Å². The van der Waals surface area contributed by atoms with E-state index in [1.54, 1.807) is 0 Å². The third-order valence-corrected chi connectivity index (χ3v) is 2.83. The molecule has 0 bridgehead atoms. The van der Waals surface area contributed by atoms with Crippen molar-refractivity contribution in [3.63, 3.8) is 0 Å². The standard InChI is InChI=1S/C10H15F2NO4/c1-13(2)8(16)17-9(7(14)15)3-5-10(11,12)6-4-9/h3-6H2,1-2H3,(H,14,15). The van der Waals surface area contributed by atoms with Crippen LogP contribution in [0.1, 0.15) is 25.7 Å². The van der Waals surface area contributed by atoms with Gasteiger partial charge in [0.15, 0.2) is 0 Å². The fourth-order valence-corrected chi connectivity index (χ4v) is 1.64. The molecule has 0 heterocycles. The number of alkyl halides is 2. The van der Waals surface area contributed by atoms with Crippen molar-refractivity contribution in [3.05, 3.63) is 0 Å². The zero-order chi connectivity index (χ0) is 13.3. The Labute approximate surface area is 97.3 Å². The van der Waals surface area contributed by atoms with E-state index in [-0.39, 0.29) is 12.8 Å². The van der Waals surface area contributed by atoms with Gasteiger partial charge >= 0.3 is 12.1 Å². The topological polar surface area (TPSA) is 66.8 Å². The second-order valence-electron chi connectivity index (χ2n) is 4.42. The highest BCUT2D eigenvalue weighted by molar-refractivity contribution is 5.81. The van der Waals surface area contributed by atoms with E-state index in [2.05, 4.69) is 0 Å². The molecule has 0 aromatic carbocycles. The van der Waals surface area contributed by atoms with Crippen LogP contribution in [-0.4, -0.2) is 47.7 Å². The number of nitrogens with zero attached hydrogens (tertiary/aromatic N) is 1. The number of carbonyl (C=O) groups is 2. The number of halogens is 2. The number of rotatable bonds is 2. The second-order valence-corrected chi connectivity index (χ2v) is 4.42. The van der Waals surface area contributed by atoms with Crippen LogP contribution in [0.5, 0.6) is 0 Å². The predicted octanol–water partition coefficient (Wildman–Crippen LogP) is 1.72. The lowest BCUT2D eigenvalue weighted by molar-refractivity contribution is -0.172. The van der Waals surface area contributed by atoms with Gasteiger partial charge in [0.1, 0.15) is 0 Å². The van der Waals surface area contributed by atoms with Crippen LogP contribution in [0.3, 0.4) is 0 Å². The molecule has 0 unspecified atom stereocenters. The second kappa shape index (κ2) is 4.46. The number of ether oxygens (including phenoxy) is 1. The van der Waals surface area contributed by atoms with Gasteiger partial charge in [-0.2, -0.15) is 0 Å². The summed E-state index contributed by atoms with van der Waals surface area (Å²) in [6, 6.07) is 0. The van der Waals surface area contributed by atoms with Gasteiger partial charge in [0, 0.05) is 39.8 Å². The lowest BCUT2D eigenvalue weighted by atomic mass is 9.82. The minimum atomic E-state index is -2.87. The van der Waals surface area contributed by atoms with Gasteiger partial charge in [-0.05, 0) is 0 Å². The Kier molecular flexibility index (Phi) is 3.59. The average molecular weight is 251 g/mol. The molecule has 0 saturated heterocycles. The summed E-state index contributed by atoms with van der Waals surface area (Å²) in [5, 5.41) is 9.05. The van der Waals surface area contributed by atoms with E-state index in [9.17, 15) is 18.4 Å². The summed E-state index contributed by atoms with van der Waals surface area (Å²) >= 11 is 0. The normalized spacial score (nSPS) is 21.6. The molecule has 7 heteroatoms. The van der Waals surface area contributed by atoms with Crippen molar-refractivity contribution >= 4 is 12.1 Å². The van der Waals surface area contributed by atoms with Crippen molar-refractivity contribution in [2.24, 2.45) is 0 Å².